The smallest absolute Gasteiger partial charge is 0.244 e. The summed E-state index contributed by atoms with van der Waals surface area (Å²) in [6.45, 7) is 9.41. The first-order chi connectivity index (χ1) is 14.5. The van der Waals surface area contributed by atoms with Crippen LogP contribution in [0.5, 0.6) is 0 Å². The predicted octanol–water partition coefficient (Wildman–Crippen LogP) is 4.03. The predicted molar refractivity (Wildman–Crippen MR) is 118 cm³/mol. The fourth-order valence-electron chi connectivity index (χ4n) is 2.92. The molecule has 0 aliphatic carbocycles. The number of carbonyl (C=O) groups is 1. The number of nitrogens with one attached hydrogen (secondary N) is 2. The van der Waals surface area contributed by atoms with E-state index in [-0.39, 0.29) is 22.1 Å². The Kier molecular flexibility index (Phi) is 6.28. The van der Waals surface area contributed by atoms with Crippen molar-refractivity contribution in [1.29, 1.82) is 0 Å². The van der Waals surface area contributed by atoms with Crippen molar-refractivity contribution in [2.24, 2.45) is 0 Å². The summed E-state index contributed by atoms with van der Waals surface area (Å²) in [5.74, 6) is 0.317. The van der Waals surface area contributed by atoms with Crippen molar-refractivity contribution in [1.82, 2.24) is 14.9 Å². The monoisotopic (exact) mass is 442 g/mol. The number of benzene rings is 2. The largest absolute Gasteiger partial charge is 0.337 e. The zero-order valence-electron chi connectivity index (χ0n) is 18.1. The van der Waals surface area contributed by atoms with E-state index in [1.807, 2.05) is 24.3 Å². The molecule has 1 heterocycles. The minimum Gasteiger partial charge on any atom is -0.337 e. The quantitative estimate of drug-likeness (QED) is 0.596. The molecule has 0 saturated heterocycles. The van der Waals surface area contributed by atoms with Gasteiger partial charge in [-0.2, -0.15) is 9.71 Å². The average Bonchev–Trinajstić information content (AvgIpc) is 3.17. The van der Waals surface area contributed by atoms with Crippen molar-refractivity contribution in [3.05, 3.63) is 60.0 Å². The molecule has 0 spiro atoms. The van der Waals surface area contributed by atoms with E-state index >= 15 is 0 Å². The number of sulfonamides is 1. The van der Waals surface area contributed by atoms with Gasteiger partial charge >= 0.3 is 0 Å². The number of hydrogen-bond acceptors (Lipinski definition) is 6. The Morgan fingerprint density at radius 3 is 2.19 bits per heavy atom. The van der Waals surface area contributed by atoms with Crippen LogP contribution < -0.4 is 10.0 Å². The number of amides is 1. The Labute approximate surface area is 182 Å². The van der Waals surface area contributed by atoms with Gasteiger partial charge in [0.2, 0.25) is 27.6 Å². The first-order valence-corrected chi connectivity index (χ1v) is 11.3. The maximum absolute atomic E-state index is 12.7. The Balaban J connectivity index is 1.73. The molecule has 2 N–H and O–H groups in total. The molecule has 0 aliphatic heterocycles. The Bertz CT molecular complexity index is 1160. The maximum Gasteiger partial charge on any atom is 0.244 e. The normalized spacial score (nSPS) is 13.1. The van der Waals surface area contributed by atoms with Crippen LogP contribution in [0.2, 0.25) is 0 Å². The van der Waals surface area contributed by atoms with Crippen LogP contribution in [-0.2, 0) is 20.2 Å². The van der Waals surface area contributed by atoms with E-state index in [1.165, 1.54) is 36.8 Å². The number of carbonyl (C=O) groups excluding carboxylic acids is 1. The van der Waals surface area contributed by atoms with Crippen LogP contribution in [0.3, 0.4) is 0 Å². The van der Waals surface area contributed by atoms with Gasteiger partial charge < -0.3 is 9.84 Å². The summed E-state index contributed by atoms with van der Waals surface area (Å²) >= 11 is 0. The highest BCUT2D eigenvalue weighted by molar-refractivity contribution is 7.89. The number of hydrogen-bond donors (Lipinski definition) is 2. The number of rotatable bonds is 6. The van der Waals surface area contributed by atoms with E-state index in [0.717, 1.165) is 5.56 Å². The van der Waals surface area contributed by atoms with Crippen LogP contribution in [0.4, 0.5) is 5.69 Å². The molecule has 0 radical (unpaired) electrons. The molecule has 9 heteroatoms. The second kappa shape index (κ2) is 8.60. The molecule has 1 aromatic heterocycles. The zero-order valence-corrected chi connectivity index (χ0v) is 18.9. The molecule has 1 amide bonds. The van der Waals surface area contributed by atoms with Crippen LogP contribution in [0.15, 0.2) is 57.9 Å². The van der Waals surface area contributed by atoms with Crippen LogP contribution >= 0.6 is 0 Å². The van der Waals surface area contributed by atoms with Crippen molar-refractivity contribution in [2.75, 3.05) is 5.32 Å². The second-order valence-corrected chi connectivity index (χ2v) is 10.0. The van der Waals surface area contributed by atoms with Crippen LogP contribution in [0.1, 0.15) is 52.1 Å². The van der Waals surface area contributed by atoms with Crippen molar-refractivity contribution >= 4 is 21.6 Å². The van der Waals surface area contributed by atoms with Gasteiger partial charge in [-0.15, -0.1) is 0 Å². The van der Waals surface area contributed by atoms with Crippen LogP contribution in [-0.4, -0.2) is 24.5 Å². The van der Waals surface area contributed by atoms with Gasteiger partial charge in [-0.05, 0) is 42.2 Å². The van der Waals surface area contributed by atoms with Gasteiger partial charge in [-0.25, -0.2) is 8.42 Å². The third-order valence-electron chi connectivity index (χ3n) is 4.64. The first kappa shape index (κ1) is 22.6. The highest BCUT2D eigenvalue weighted by Crippen LogP contribution is 2.26. The molecule has 0 aliphatic rings. The lowest BCUT2D eigenvalue weighted by atomic mass is 9.87. The topological polar surface area (TPSA) is 114 Å². The van der Waals surface area contributed by atoms with E-state index < -0.39 is 16.1 Å². The summed E-state index contributed by atoms with van der Waals surface area (Å²) < 4.78 is 33.2. The highest BCUT2D eigenvalue weighted by atomic mass is 32.2. The molecule has 3 aromatic rings. The summed E-state index contributed by atoms with van der Waals surface area (Å²) in [5, 5.41) is 6.57. The summed E-state index contributed by atoms with van der Waals surface area (Å²) in [7, 11) is -3.82. The third kappa shape index (κ3) is 5.56. The van der Waals surface area contributed by atoms with Crippen molar-refractivity contribution < 1.29 is 17.7 Å². The van der Waals surface area contributed by atoms with E-state index in [4.69, 9.17) is 4.52 Å². The van der Waals surface area contributed by atoms with Crippen molar-refractivity contribution in [3.63, 3.8) is 0 Å². The SMILES string of the molecule is CC(=O)Nc1ccc(S(=O)(=O)NC(C)c2nc(-c3ccc(C(C)(C)C)cc3)no2)cc1. The molecular formula is C22H26N4O4S. The molecule has 8 nitrogen and oxygen atoms in total. The van der Waals surface area contributed by atoms with Gasteiger partial charge in [0.15, 0.2) is 0 Å². The Morgan fingerprint density at radius 1 is 1.03 bits per heavy atom. The molecule has 0 fully saturated rings. The van der Waals surface area contributed by atoms with Crippen molar-refractivity contribution in [2.45, 2.75) is 51.0 Å². The van der Waals surface area contributed by atoms with Gasteiger partial charge in [0, 0.05) is 18.2 Å². The third-order valence-corrected chi connectivity index (χ3v) is 6.19. The molecule has 1 unspecified atom stereocenters. The van der Waals surface area contributed by atoms with Crippen LogP contribution in [0, 0.1) is 0 Å². The Hall–Kier alpha value is -3.04. The minimum absolute atomic E-state index is 0.0358. The lowest BCUT2D eigenvalue weighted by Gasteiger charge is -2.18. The molecule has 3 rings (SSSR count). The molecule has 31 heavy (non-hydrogen) atoms. The van der Waals surface area contributed by atoms with E-state index in [0.29, 0.717) is 11.5 Å². The molecule has 0 bridgehead atoms. The van der Waals surface area contributed by atoms with E-state index in [1.54, 1.807) is 6.92 Å². The number of nitrogens with zero attached hydrogens (tertiary/aromatic N) is 2. The van der Waals surface area contributed by atoms with E-state index in [2.05, 4.69) is 41.0 Å². The lowest BCUT2D eigenvalue weighted by Crippen LogP contribution is -2.27. The Morgan fingerprint density at radius 2 is 1.65 bits per heavy atom. The fraction of sp³-hybridized carbons (Fsp3) is 0.318. The number of anilines is 1. The van der Waals surface area contributed by atoms with Gasteiger partial charge in [-0.1, -0.05) is 50.2 Å². The summed E-state index contributed by atoms with van der Waals surface area (Å²) in [6.07, 6.45) is 0. The molecule has 164 valence electrons. The molecule has 2 aromatic carbocycles. The summed E-state index contributed by atoms with van der Waals surface area (Å²) in [4.78, 5) is 15.5. The zero-order chi connectivity index (χ0) is 22.8. The highest BCUT2D eigenvalue weighted by Gasteiger charge is 2.23. The van der Waals surface area contributed by atoms with Gasteiger partial charge in [0.1, 0.15) is 0 Å². The summed E-state index contributed by atoms with van der Waals surface area (Å²) in [5.41, 5.74) is 2.52. The van der Waals surface area contributed by atoms with Crippen LogP contribution in [0.25, 0.3) is 11.4 Å². The number of aromatic nitrogens is 2. The molecular weight excluding hydrogens is 416 g/mol. The lowest BCUT2D eigenvalue weighted by molar-refractivity contribution is -0.114. The van der Waals surface area contributed by atoms with Crippen molar-refractivity contribution in [3.8, 4) is 11.4 Å². The van der Waals surface area contributed by atoms with Gasteiger partial charge in [0.25, 0.3) is 0 Å². The average molecular weight is 443 g/mol. The molecule has 0 saturated carbocycles. The minimum atomic E-state index is -3.82. The standard InChI is InChI=1S/C22H26N4O4S/c1-14(26-31(28,29)19-12-10-18(11-13-19)23-15(2)27)21-24-20(25-30-21)16-6-8-17(9-7-16)22(3,4)5/h6-14,26H,1-5H3,(H,23,27). The first-order valence-electron chi connectivity index (χ1n) is 9.80. The second-order valence-electron chi connectivity index (χ2n) is 8.33. The fourth-order valence-corrected chi connectivity index (χ4v) is 4.12. The molecule has 1 atom stereocenters. The van der Waals surface area contributed by atoms with Gasteiger partial charge in [0.05, 0.1) is 10.9 Å². The summed E-state index contributed by atoms with van der Waals surface area (Å²) in [6, 6.07) is 13.0. The van der Waals surface area contributed by atoms with E-state index in [9.17, 15) is 13.2 Å². The maximum atomic E-state index is 12.7. The van der Waals surface area contributed by atoms with Gasteiger partial charge in [-0.3, -0.25) is 4.79 Å².